The molecule has 0 aromatic carbocycles. The van der Waals surface area contributed by atoms with Crippen molar-refractivity contribution in [3.05, 3.63) is 0 Å². The third-order valence-corrected chi connectivity index (χ3v) is 2.16. The Kier molecular flexibility index (Phi) is 7.50. The van der Waals surface area contributed by atoms with Gasteiger partial charge in [0.1, 0.15) is 0 Å². The van der Waals surface area contributed by atoms with Crippen molar-refractivity contribution in [3.8, 4) is 0 Å². The summed E-state index contributed by atoms with van der Waals surface area (Å²) in [5, 5.41) is 22.1. The van der Waals surface area contributed by atoms with Crippen LogP contribution in [0.3, 0.4) is 0 Å². The molecule has 0 saturated heterocycles. The summed E-state index contributed by atoms with van der Waals surface area (Å²) >= 11 is 0. The molecule has 0 amide bonds. The Bertz CT molecular complexity index is 191. The third kappa shape index (κ3) is 11.2. The number of nitrogens with zero attached hydrogens (tertiary/aromatic N) is 2. The minimum Gasteiger partial charge on any atom is -0.411 e. The predicted molar refractivity (Wildman–Crippen MR) is 59.4 cm³/mol. The van der Waals surface area contributed by atoms with E-state index in [4.69, 9.17) is 10.4 Å². The lowest BCUT2D eigenvalue weighted by Crippen LogP contribution is -2.13. The predicted octanol–water partition coefficient (Wildman–Crippen LogP) is 1.26. The van der Waals surface area contributed by atoms with E-state index in [1.165, 1.54) is 0 Å². The van der Waals surface area contributed by atoms with E-state index in [1.807, 2.05) is 6.92 Å². The second kappa shape index (κ2) is 6.65. The van der Waals surface area contributed by atoms with Crippen molar-refractivity contribution in [2.45, 2.75) is 39.7 Å². The highest BCUT2D eigenvalue weighted by Gasteiger charge is 2.13. The number of oxime groups is 2. The molecular formula is C8H20N2O2Si. The fourth-order valence-corrected chi connectivity index (χ4v) is 0.250. The summed E-state index contributed by atoms with van der Waals surface area (Å²) in [5.41, 5.74) is 1.51. The highest BCUT2D eigenvalue weighted by atomic mass is 28.1. The van der Waals surface area contributed by atoms with Gasteiger partial charge in [0.2, 0.25) is 0 Å². The number of rotatable bonds is 1. The molecule has 0 aliphatic carbocycles. The van der Waals surface area contributed by atoms with Crippen LogP contribution in [0.4, 0.5) is 0 Å². The van der Waals surface area contributed by atoms with Gasteiger partial charge in [-0.3, -0.25) is 0 Å². The van der Waals surface area contributed by atoms with Gasteiger partial charge in [0.15, 0.2) is 0 Å². The SMILES string of the molecule is CC(=NO)C(C)(C)[SiH3].CC(C)=NO. The van der Waals surface area contributed by atoms with E-state index < -0.39 is 0 Å². The molecule has 0 fully saturated rings. The first-order valence-electron chi connectivity index (χ1n) is 4.10. The zero-order valence-corrected chi connectivity index (χ0v) is 11.3. The van der Waals surface area contributed by atoms with Gasteiger partial charge in [-0.2, -0.15) is 0 Å². The van der Waals surface area contributed by atoms with E-state index in [0.29, 0.717) is 5.71 Å². The van der Waals surface area contributed by atoms with E-state index in [0.717, 1.165) is 16.0 Å². The van der Waals surface area contributed by atoms with Gasteiger partial charge < -0.3 is 10.4 Å². The van der Waals surface area contributed by atoms with Crippen LogP contribution in [-0.4, -0.2) is 32.1 Å². The van der Waals surface area contributed by atoms with Crippen LogP contribution < -0.4 is 0 Å². The van der Waals surface area contributed by atoms with Gasteiger partial charge in [-0.15, -0.1) is 0 Å². The molecule has 0 atom stereocenters. The monoisotopic (exact) mass is 204 g/mol. The summed E-state index contributed by atoms with van der Waals surface area (Å²) in [4.78, 5) is 0. The van der Waals surface area contributed by atoms with Crippen molar-refractivity contribution in [3.63, 3.8) is 0 Å². The van der Waals surface area contributed by atoms with Gasteiger partial charge in [-0.05, 0) is 25.8 Å². The van der Waals surface area contributed by atoms with Crippen molar-refractivity contribution in [1.82, 2.24) is 0 Å². The quantitative estimate of drug-likeness (QED) is 0.292. The van der Waals surface area contributed by atoms with E-state index >= 15 is 0 Å². The summed E-state index contributed by atoms with van der Waals surface area (Å²) < 4.78 is 0. The Morgan fingerprint density at radius 3 is 1.38 bits per heavy atom. The molecule has 0 rings (SSSR count). The molecular weight excluding hydrogens is 184 g/mol. The Hall–Kier alpha value is -0.843. The first-order chi connectivity index (χ1) is 5.75. The minimum atomic E-state index is 0.148. The van der Waals surface area contributed by atoms with Crippen molar-refractivity contribution in [1.29, 1.82) is 0 Å². The van der Waals surface area contributed by atoms with Crippen LogP contribution in [0, 0.1) is 0 Å². The lowest BCUT2D eigenvalue weighted by atomic mass is 10.1. The Labute approximate surface area is 82.8 Å². The van der Waals surface area contributed by atoms with Gasteiger partial charge in [-0.25, -0.2) is 0 Å². The molecule has 0 aliphatic rings. The highest BCUT2D eigenvalue weighted by Crippen LogP contribution is 2.19. The fraction of sp³-hybridized carbons (Fsp3) is 0.750. The smallest absolute Gasteiger partial charge is 0.0559 e. The van der Waals surface area contributed by atoms with Gasteiger partial charge in [-0.1, -0.05) is 24.2 Å². The molecule has 78 valence electrons. The normalized spacial score (nSPS) is 11.6. The maximum Gasteiger partial charge on any atom is 0.0559 e. The van der Waals surface area contributed by atoms with Crippen molar-refractivity contribution in [2.24, 2.45) is 10.3 Å². The van der Waals surface area contributed by atoms with Crippen LogP contribution in [0.15, 0.2) is 10.3 Å². The molecule has 0 spiro atoms. The van der Waals surface area contributed by atoms with Crippen molar-refractivity contribution < 1.29 is 10.4 Å². The zero-order valence-electron chi connectivity index (χ0n) is 9.29. The molecule has 0 aliphatic heterocycles. The summed E-state index contributed by atoms with van der Waals surface area (Å²) in [6.07, 6.45) is 0. The molecule has 0 radical (unpaired) electrons. The summed E-state index contributed by atoms with van der Waals surface area (Å²) in [6.45, 7) is 9.41. The van der Waals surface area contributed by atoms with Crippen LogP contribution in [-0.2, 0) is 0 Å². The van der Waals surface area contributed by atoms with Crippen molar-refractivity contribution in [2.75, 3.05) is 0 Å². The second-order valence-electron chi connectivity index (χ2n) is 3.98. The summed E-state index contributed by atoms with van der Waals surface area (Å²) in [7, 11) is 1.03. The first kappa shape index (κ1) is 14.7. The molecule has 13 heavy (non-hydrogen) atoms. The second-order valence-corrected chi connectivity index (χ2v) is 6.48. The third-order valence-electron chi connectivity index (χ3n) is 1.44. The van der Waals surface area contributed by atoms with E-state index in [1.54, 1.807) is 13.8 Å². The van der Waals surface area contributed by atoms with Gasteiger partial charge in [0.25, 0.3) is 0 Å². The molecule has 0 saturated carbocycles. The van der Waals surface area contributed by atoms with Gasteiger partial charge >= 0.3 is 0 Å². The molecule has 4 nitrogen and oxygen atoms in total. The molecule has 5 heteroatoms. The lowest BCUT2D eigenvalue weighted by Gasteiger charge is -2.15. The minimum absolute atomic E-state index is 0.148. The van der Waals surface area contributed by atoms with Crippen LogP contribution in [0.1, 0.15) is 34.6 Å². The van der Waals surface area contributed by atoms with Gasteiger partial charge in [0.05, 0.1) is 11.4 Å². The average Bonchev–Trinajstić information content (AvgIpc) is 2.02. The topological polar surface area (TPSA) is 65.2 Å². The number of hydrogen-bond acceptors (Lipinski definition) is 4. The zero-order chi connectivity index (χ0) is 11.1. The van der Waals surface area contributed by atoms with Crippen LogP contribution in [0.5, 0.6) is 0 Å². The van der Waals surface area contributed by atoms with Crippen molar-refractivity contribution >= 4 is 21.7 Å². The maximum absolute atomic E-state index is 8.28. The van der Waals surface area contributed by atoms with E-state index in [-0.39, 0.29) is 5.04 Å². The Balaban J connectivity index is 0. The molecule has 0 aromatic rings. The molecule has 0 unspecified atom stereocenters. The molecule has 0 aromatic heterocycles. The molecule has 2 N–H and O–H groups in total. The summed E-state index contributed by atoms with van der Waals surface area (Å²) in [5.74, 6) is 0. The van der Waals surface area contributed by atoms with Crippen LogP contribution in [0.2, 0.25) is 5.04 Å². The van der Waals surface area contributed by atoms with Crippen LogP contribution in [0.25, 0.3) is 0 Å². The average molecular weight is 204 g/mol. The van der Waals surface area contributed by atoms with E-state index in [9.17, 15) is 0 Å². The molecule has 0 bridgehead atoms. The Morgan fingerprint density at radius 2 is 1.38 bits per heavy atom. The molecule has 0 heterocycles. The van der Waals surface area contributed by atoms with E-state index in [2.05, 4.69) is 24.2 Å². The fourth-order valence-electron chi connectivity index (χ4n) is 0.150. The largest absolute Gasteiger partial charge is 0.411 e. The lowest BCUT2D eigenvalue weighted by molar-refractivity contribution is 0.316. The van der Waals surface area contributed by atoms with Gasteiger partial charge in [0, 0.05) is 10.2 Å². The summed E-state index contributed by atoms with van der Waals surface area (Å²) in [6, 6.07) is 0. The first-order valence-corrected chi connectivity index (χ1v) is 5.10. The standard InChI is InChI=1S/C5H13NOSi.C3H7NO/c1-4(6-7)5(2,3)8;1-3(2)4-5/h7H,1-3,8H3;5H,1-2H3. The van der Waals surface area contributed by atoms with Crippen LogP contribution >= 0.6 is 0 Å². The number of hydrogen-bond donors (Lipinski definition) is 2. The maximum atomic E-state index is 8.28. The Morgan fingerprint density at radius 1 is 1.08 bits per heavy atom. The highest BCUT2D eigenvalue weighted by molar-refractivity contribution is 6.28.